The van der Waals surface area contributed by atoms with Gasteiger partial charge in [-0.25, -0.2) is 0 Å². The van der Waals surface area contributed by atoms with E-state index in [9.17, 15) is 9.59 Å². The van der Waals surface area contributed by atoms with E-state index >= 15 is 0 Å². The first-order chi connectivity index (χ1) is 12.4. The minimum Gasteiger partial charge on any atom is -0.378 e. The van der Waals surface area contributed by atoms with Crippen LogP contribution in [0.4, 0.5) is 11.4 Å². The highest BCUT2D eigenvalue weighted by molar-refractivity contribution is 7.80. The van der Waals surface area contributed by atoms with Crippen molar-refractivity contribution in [3.05, 3.63) is 65.2 Å². The number of benzene rings is 2. The number of carbonyl (C=O) groups is 2. The van der Waals surface area contributed by atoms with Gasteiger partial charge in [0.05, 0.1) is 5.69 Å². The average Bonchev–Trinajstić information content (AvgIpc) is 2.60. The Morgan fingerprint density at radius 1 is 1.00 bits per heavy atom. The second-order valence-electron chi connectivity index (χ2n) is 6.28. The Morgan fingerprint density at radius 3 is 2.19 bits per heavy atom. The van der Waals surface area contributed by atoms with Crippen molar-refractivity contribution >= 4 is 46.6 Å². The zero-order chi connectivity index (χ0) is 18.8. The quantitative estimate of drug-likeness (QED) is 0.516. The molecule has 1 aliphatic heterocycles. The highest BCUT2D eigenvalue weighted by atomic mass is 32.1. The van der Waals surface area contributed by atoms with E-state index in [1.54, 1.807) is 18.2 Å². The first kappa shape index (κ1) is 17.8. The number of amides is 2. The van der Waals surface area contributed by atoms with Gasteiger partial charge in [-0.3, -0.25) is 19.8 Å². The third kappa shape index (κ3) is 3.50. The summed E-state index contributed by atoms with van der Waals surface area (Å²) < 4.78 is 0. The van der Waals surface area contributed by atoms with Crippen molar-refractivity contribution in [3.63, 3.8) is 0 Å². The normalized spacial score (nSPS) is 16.0. The van der Waals surface area contributed by atoms with Crippen molar-refractivity contribution in [1.82, 2.24) is 5.32 Å². The molecule has 1 saturated heterocycles. The molecule has 0 aromatic heterocycles. The minimum absolute atomic E-state index is 0.0526. The monoisotopic (exact) mass is 365 g/mol. The van der Waals surface area contributed by atoms with E-state index in [1.807, 2.05) is 62.3 Å². The smallest absolute Gasteiger partial charge is 0.270 e. The van der Waals surface area contributed by atoms with E-state index in [-0.39, 0.29) is 10.7 Å². The van der Waals surface area contributed by atoms with Gasteiger partial charge in [0.25, 0.3) is 11.8 Å². The third-order valence-electron chi connectivity index (χ3n) is 4.11. The highest BCUT2D eigenvalue weighted by Gasteiger charge is 2.34. The molecule has 2 aromatic carbocycles. The summed E-state index contributed by atoms with van der Waals surface area (Å²) in [6.07, 6.45) is 1.58. The van der Waals surface area contributed by atoms with Crippen LogP contribution in [-0.2, 0) is 9.59 Å². The summed E-state index contributed by atoms with van der Waals surface area (Å²) in [6, 6.07) is 15.0. The summed E-state index contributed by atoms with van der Waals surface area (Å²) in [4.78, 5) is 28.5. The lowest BCUT2D eigenvalue weighted by Gasteiger charge is -2.29. The topological polar surface area (TPSA) is 52.7 Å². The van der Waals surface area contributed by atoms with Gasteiger partial charge in [0.2, 0.25) is 0 Å². The van der Waals surface area contributed by atoms with Crippen molar-refractivity contribution in [3.8, 4) is 0 Å². The van der Waals surface area contributed by atoms with Crippen LogP contribution in [-0.4, -0.2) is 31.0 Å². The standard InChI is InChI=1S/C20H19N3O2S/c1-13-4-8-16(9-5-13)23-19(25)17(18(24)21-20(23)26)12-14-6-10-15(11-7-14)22(2)3/h4-12H,1-3H3,(H,21,24,26). The molecule has 6 heteroatoms. The maximum Gasteiger partial charge on any atom is 0.270 e. The van der Waals surface area contributed by atoms with Crippen molar-refractivity contribution < 1.29 is 9.59 Å². The Kier molecular flexibility index (Phi) is 4.86. The molecular weight excluding hydrogens is 346 g/mol. The lowest BCUT2D eigenvalue weighted by atomic mass is 10.1. The van der Waals surface area contributed by atoms with Gasteiger partial charge < -0.3 is 4.90 Å². The molecule has 26 heavy (non-hydrogen) atoms. The first-order valence-corrected chi connectivity index (χ1v) is 8.53. The summed E-state index contributed by atoms with van der Waals surface area (Å²) in [5.41, 5.74) is 3.56. The molecule has 0 aliphatic carbocycles. The summed E-state index contributed by atoms with van der Waals surface area (Å²) in [7, 11) is 3.90. The molecule has 1 fully saturated rings. The molecule has 0 bridgehead atoms. The number of nitrogens with zero attached hydrogens (tertiary/aromatic N) is 2. The summed E-state index contributed by atoms with van der Waals surface area (Å²) in [5, 5.41) is 2.68. The number of anilines is 2. The Balaban J connectivity index is 1.95. The second kappa shape index (κ2) is 7.09. The van der Waals surface area contributed by atoms with E-state index in [0.29, 0.717) is 5.69 Å². The van der Waals surface area contributed by atoms with Crippen LogP contribution in [0.1, 0.15) is 11.1 Å². The zero-order valence-electron chi connectivity index (χ0n) is 14.8. The number of rotatable bonds is 3. The van der Waals surface area contributed by atoms with Gasteiger partial charge in [0.15, 0.2) is 5.11 Å². The molecule has 0 radical (unpaired) electrons. The largest absolute Gasteiger partial charge is 0.378 e. The molecule has 1 aliphatic rings. The van der Waals surface area contributed by atoms with Gasteiger partial charge >= 0.3 is 0 Å². The molecular formula is C20H19N3O2S. The fourth-order valence-corrected chi connectivity index (χ4v) is 2.90. The van der Waals surface area contributed by atoms with Gasteiger partial charge in [-0.1, -0.05) is 29.8 Å². The molecule has 5 nitrogen and oxygen atoms in total. The van der Waals surface area contributed by atoms with Crippen molar-refractivity contribution in [1.29, 1.82) is 0 Å². The molecule has 2 amide bonds. The highest BCUT2D eigenvalue weighted by Crippen LogP contribution is 2.23. The molecule has 1 N–H and O–H groups in total. The lowest BCUT2D eigenvalue weighted by molar-refractivity contribution is -0.122. The molecule has 3 rings (SSSR count). The molecule has 0 saturated carbocycles. The summed E-state index contributed by atoms with van der Waals surface area (Å²) in [6.45, 7) is 1.96. The SMILES string of the molecule is Cc1ccc(N2C(=O)C(=Cc3ccc(N(C)C)cc3)C(=O)NC2=S)cc1. The number of thiocarbonyl (C=S) groups is 1. The molecule has 0 atom stereocenters. The van der Waals surface area contributed by atoms with Gasteiger partial charge in [-0.2, -0.15) is 0 Å². The second-order valence-corrected chi connectivity index (χ2v) is 6.67. The van der Waals surface area contributed by atoms with E-state index in [2.05, 4.69) is 5.32 Å². The van der Waals surface area contributed by atoms with Crippen LogP contribution < -0.4 is 15.1 Å². The van der Waals surface area contributed by atoms with Gasteiger partial charge in [0.1, 0.15) is 5.57 Å². The van der Waals surface area contributed by atoms with Crippen molar-refractivity contribution in [2.45, 2.75) is 6.92 Å². The molecule has 0 unspecified atom stereocenters. The molecule has 132 valence electrons. The van der Waals surface area contributed by atoms with Crippen LogP contribution in [0.2, 0.25) is 0 Å². The average molecular weight is 365 g/mol. The predicted octanol–water partition coefficient (Wildman–Crippen LogP) is 2.89. The fourth-order valence-electron chi connectivity index (χ4n) is 2.62. The Morgan fingerprint density at radius 2 is 1.62 bits per heavy atom. The van der Waals surface area contributed by atoms with Crippen LogP contribution in [0.25, 0.3) is 6.08 Å². The van der Waals surface area contributed by atoms with Gasteiger partial charge in [-0.15, -0.1) is 0 Å². The maximum absolute atomic E-state index is 12.9. The maximum atomic E-state index is 12.9. The van der Waals surface area contributed by atoms with Crippen LogP contribution in [0.3, 0.4) is 0 Å². The van der Waals surface area contributed by atoms with Crippen LogP contribution >= 0.6 is 12.2 Å². The molecule has 0 spiro atoms. The number of nitrogens with one attached hydrogen (secondary N) is 1. The number of hydrogen-bond donors (Lipinski definition) is 1. The molecule has 2 aromatic rings. The first-order valence-electron chi connectivity index (χ1n) is 8.12. The lowest BCUT2D eigenvalue weighted by Crippen LogP contribution is -2.54. The summed E-state index contributed by atoms with van der Waals surface area (Å²) >= 11 is 5.20. The van der Waals surface area contributed by atoms with E-state index in [4.69, 9.17) is 12.2 Å². The molecule has 1 heterocycles. The van der Waals surface area contributed by atoms with Gasteiger partial charge in [0, 0.05) is 19.8 Å². The Labute approximate surface area is 157 Å². The predicted molar refractivity (Wildman–Crippen MR) is 108 cm³/mol. The number of hydrogen-bond acceptors (Lipinski definition) is 4. The number of aryl methyl sites for hydroxylation is 1. The van der Waals surface area contributed by atoms with Crippen LogP contribution in [0.5, 0.6) is 0 Å². The fraction of sp³-hybridized carbons (Fsp3) is 0.150. The van der Waals surface area contributed by atoms with Gasteiger partial charge in [-0.05, 0) is 55.0 Å². The van der Waals surface area contributed by atoms with Crippen molar-refractivity contribution in [2.75, 3.05) is 23.9 Å². The Hall–Kier alpha value is -2.99. The van der Waals surface area contributed by atoms with E-state index < -0.39 is 11.8 Å². The zero-order valence-corrected chi connectivity index (χ0v) is 15.6. The summed E-state index contributed by atoms with van der Waals surface area (Å²) in [5.74, 6) is -0.917. The van der Waals surface area contributed by atoms with E-state index in [1.165, 1.54) is 4.90 Å². The van der Waals surface area contributed by atoms with Crippen LogP contribution in [0, 0.1) is 6.92 Å². The Bertz CT molecular complexity index is 900. The van der Waals surface area contributed by atoms with Crippen molar-refractivity contribution in [2.24, 2.45) is 0 Å². The third-order valence-corrected chi connectivity index (χ3v) is 4.40. The minimum atomic E-state index is -0.486. The van der Waals surface area contributed by atoms with E-state index in [0.717, 1.165) is 16.8 Å². The number of carbonyl (C=O) groups excluding carboxylic acids is 2. The van der Waals surface area contributed by atoms with Crippen LogP contribution in [0.15, 0.2) is 54.1 Å².